The molecule has 0 heterocycles. The van der Waals surface area contributed by atoms with Crippen LogP contribution in [0.4, 0.5) is 0 Å². The summed E-state index contributed by atoms with van der Waals surface area (Å²) >= 11 is 0. The summed E-state index contributed by atoms with van der Waals surface area (Å²) in [6, 6.07) is 9.50. The van der Waals surface area contributed by atoms with Crippen molar-refractivity contribution in [1.82, 2.24) is 0 Å². The van der Waals surface area contributed by atoms with Crippen molar-refractivity contribution in [2.24, 2.45) is 5.92 Å². The summed E-state index contributed by atoms with van der Waals surface area (Å²) in [4.78, 5) is 11.2. The molecular weight excluding hydrogens is 190 g/mol. The molecule has 2 rings (SSSR count). The minimum absolute atomic E-state index is 0.0102. The Hall–Kier alpha value is -1.82. The second kappa shape index (κ2) is 3.74. The van der Waals surface area contributed by atoms with Gasteiger partial charge < -0.3 is 4.74 Å². The second-order valence-electron chi connectivity index (χ2n) is 3.71. The highest BCUT2D eigenvalue weighted by atomic mass is 16.5. The van der Waals surface area contributed by atoms with Gasteiger partial charge in [0.1, 0.15) is 0 Å². The number of carbonyl (C=O) groups is 1. The molecule has 0 radical (unpaired) electrons. The van der Waals surface area contributed by atoms with Gasteiger partial charge in [-0.15, -0.1) is 0 Å². The van der Waals surface area contributed by atoms with E-state index < -0.39 is 0 Å². The molecule has 1 aliphatic rings. The predicted octanol–water partition coefficient (Wildman–Crippen LogP) is 1.83. The van der Waals surface area contributed by atoms with Crippen LogP contribution in [0.3, 0.4) is 0 Å². The van der Waals surface area contributed by atoms with Gasteiger partial charge in [0.25, 0.3) is 0 Å². The number of methoxy groups -OCH3 is 1. The van der Waals surface area contributed by atoms with Gasteiger partial charge in [-0.3, -0.25) is 4.79 Å². The number of nitrogens with zero attached hydrogens (tertiary/aromatic N) is 1. The molecule has 2 atom stereocenters. The fourth-order valence-corrected chi connectivity index (χ4v) is 1.81. The number of rotatable bonds is 2. The van der Waals surface area contributed by atoms with Crippen molar-refractivity contribution in [2.45, 2.75) is 12.3 Å². The SMILES string of the molecule is COC(=O)[C@H]1CC1c1cccc(C#N)c1. The third-order valence-corrected chi connectivity index (χ3v) is 2.74. The fraction of sp³-hybridized carbons (Fsp3) is 0.333. The third kappa shape index (κ3) is 1.84. The minimum atomic E-state index is -0.151. The van der Waals surface area contributed by atoms with Crippen LogP contribution in [0.1, 0.15) is 23.5 Å². The lowest BCUT2D eigenvalue weighted by molar-refractivity contribution is -0.142. The minimum Gasteiger partial charge on any atom is -0.469 e. The normalized spacial score (nSPS) is 22.9. The van der Waals surface area contributed by atoms with E-state index in [0.717, 1.165) is 12.0 Å². The van der Waals surface area contributed by atoms with E-state index >= 15 is 0 Å². The molecule has 1 aromatic carbocycles. The van der Waals surface area contributed by atoms with Crippen LogP contribution in [0.2, 0.25) is 0 Å². The van der Waals surface area contributed by atoms with E-state index in [1.807, 2.05) is 18.2 Å². The lowest BCUT2D eigenvalue weighted by atomic mass is 10.1. The molecule has 3 nitrogen and oxygen atoms in total. The van der Waals surface area contributed by atoms with Crippen molar-refractivity contribution in [3.63, 3.8) is 0 Å². The number of carbonyl (C=O) groups excluding carboxylic acids is 1. The Morgan fingerprint density at radius 3 is 3.07 bits per heavy atom. The van der Waals surface area contributed by atoms with Crippen LogP contribution < -0.4 is 0 Å². The summed E-state index contributed by atoms with van der Waals surface area (Å²) in [6.07, 6.45) is 0.835. The van der Waals surface area contributed by atoms with Gasteiger partial charge in [0.05, 0.1) is 24.7 Å². The molecule has 1 saturated carbocycles. The Kier molecular flexibility index (Phi) is 2.42. The highest BCUT2D eigenvalue weighted by Crippen LogP contribution is 2.48. The van der Waals surface area contributed by atoms with Gasteiger partial charge in [-0.25, -0.2) is 0 Å². The van der Waals surface area contributed by atoms with Crippen LogP contribution in [-0.2, 0) is 9.53 Å². The first-order chi connectivity index (χ1) is 7.26. The number of esters is 1. The first kappa shape index (κ1) is 9.72. The van der Waals surface area contributed by atoms with Crippen LogP contribution in [0.25, 0.3) is 0 Å². The lowest BCUT2D eigenvalue weighted by Crippen LogP contribution is -2.03. The molecule has 0 bridgehead atoms. The number of benzene rings is 1. The Labute approximate surface area is 88.3 Å². The molecule has 1 unspecified atom stereocenters. The molecule has 1 aliphatic carbocycles. The van der Waals surface area contributed by atoms with Gasteiger partial charge in [-0.2, -0.15) is 5.26 Å². The molecule has 0 amide bonds. The summed E-state index contributed by atoms with van der Waals surface area (Å²) in [5.41, 5.74) is 1.70. The zero-order valence-electron chi connectivity index (χ0n) is 8.43. The first-order valence-corrected chi connectivity index (χ1v) is 4.84. The maximum atomic E-state index is 11.2. The molecule has 0 N–H and O–H groups in total. The van der Waals surface area contributed by atoms with E-state index in [2.05, 4.69) is 10.8 Å². The van der Waals surface area contributed by atoms with Crippen LogP contribution in [0.5, 0.6) is 0 Å². The molecule has 0 aliphatic heterocycles. The summed E-state index contributed by atoms with van der Waals surface area (Å²) in [6.45, 7) is 0. The lowest BCUT2D eigenvalue weighted by Gasteiger charge is -1.99. The molecule has 0 aromatic heterocycles. The Morgan fingerprint density at radius 2 is 2.40 bits per heavy atom. The second-order valence-corrected chi connectivity index (χ2v) is 3.71. The van der Waals surface area contributed by atoms with Crippen molar-refractivity contribution >= 4 is 5.97 Å². The quantitative estimate of drug-likeness (QED) is 0.686. The van der Waals surface area contributed by atoms with Gasteiger partial charge in [0.15, 0.2) is 0 Å². The van der Waals surface area contributed by atoms with Gasteiger partial charge in [0, 0.05) is 0 Å². The van der Waals surface area contributed by atoms with Crippen molar-refractivity contribution < 1.29 is 9.53 Å². The van der Waals surface area contributed by atoms with E-state index in [4.69, 9.17) is 5.26 Å². The zero-order chi connectivity index (χ0) is 10.8. The van der Waals surface area contributed by atoms with Crippen molar-refractivity contribution in [2.75, 3.05) is 7.11 Å². The van der Waals surface area contributed by atoms with Gasteiger partial charge >= 0.3 is 5.97 Å². The average molecular weight is 201 g/mol. The van der Waals surface area contributed by atoms with Gasteiger partial charge in [-0.05, 0) is 30.0 Å². The largest absolute Gasteiger partial charge is 0.469 e. The van der Waals surface area contributed by atoms with E-state index in [1.54, 1.807) is 6.07 Å². The topological polar surface area (TPSA) is 50.1 Å². The summed E-state index contributed by atoms with van der Waals surface area (Å²) in [5.74, 6) is 0.0806. The highest BCUT2D eigenvalue weighted by molar-refractivity contribution is 5.77. The molecule has 1 aromatic rings. The maximum Gasteiger partial charge on any atom is 0.309 e. The summed E-state index contributed by atoms with van der Waals surface area (Å²) in [7, 11) is 1.41. The standard InChI is InChI=1S/C12H11NO2/c1-15-12(14)11-6-10(11)9-4-2-3-8(5-9)7-13/h2-5,10-11H,6H2,1H3/t10?,11-/m0/s1. The van der Waals surface area contributed by atoms with E-state index in [9.17, 15) is 4.79 Å². The molecule has 76 valence electrons. The van der Waals surface area contributed by atoms with E-state index in [-0.39, 0.29) is 17.8 Å². The summed E-state index contributed by atoms with van der Waals surface area (Å²) in [5, 5.41) is 8.74. The van der Waals surface area contributed by atoms with Crippen LogP contribution in [-0.4, -0.2) is 13.1 Å². The Morgan fingerprint density at radius 1 is 1.60 bits per heavy atom. The number of hydrogen-bond acceptors (Lipinski definition) is 3. The third-order valence-electron chi connectivity index (χ3n) is 2.74. The number of ether oxygens (including phenoxy) is 1. The fourth-order valence-electron chi connectivity index (χ4n) is 1.81. The van der Waals surface area contributed by atoms with Gasteiger partial charge in [0.2, 0.25) is 0 Å². The Balaban J connectivity index is 2.13. The van der Waals surface area contributed by atoms with Crippen molar-refractivity contribution in [3.8, 4) is 6.07 Å². The zero-order valence-corrected chi connectivity index (χ0v) is 8.43. The molecular formula is C12H11NO2. The monoisotopic (exact) mass is 201 g/mol. The van der Waals surface area contributed by atoms with Crippen molar-refractivity contribution in [3.05, 3.63) is 35.4 Å². The molecule has 1 fully saturated rings. The molecule has 3 heteroatoms. The smallest absolute Gasteiger partial charge is 0.309 e. The molecule has 15 heavy (non-hydrogen) atoms. The van der Waals surface area contributed by atoms with Crippen LogP contribution in [0.15, 0.2) is 24.3 Å². The summed E-state index contributed by atoms with van der Waals surface area (Å²) < 4.78 is 4.68. The highest BCUT2D eigenvalue weighted by Gasteiger charge is 2.44. The predicted molar refractivity (Wildman–Crippen MR) is 54.0 cm³/mol. The average Bonchev–Trinajstić information content (AvgIpc) is 3.08. The van der Waals surface area contributed by atoms with Crippen LogP contribution >= 0.6 is 0 Å². The van der Waals surface area contributed by atoms with Crippen LogP contribution in [0, 0.1) is 17.2 Å². The molecule has 0 spiro atoms. The van der Waals surface area contributed by atoms with E-state index in [1.165, 1.54) is 7.11 Å². The van der Waals surface area contributed by atoms with E-state index in [0.29, 0.717) is 5.56 Å². The maximum absolute atomic E-state index is 11.2. The number of nitriles is 1. The first-order valence-electron chi connectivity index (χ1n) is 4.84. The Bertz CT molecular complexity index is 433. The van der Waals surface area contributed by atoms with Gasteiger partial charge in [-0.1, -0.05) is 12.1 Å². The van der Waals surface area contributed by atoms with Crippen molar-refractivity contribution in [1.29, 1.82) is 5.26 Å². The number of hydrogen-bond donors (Lipinski definition) is 0. The molecule has 0 saturated heterocycles.